The number of aliphatic hydroxyl groups excluding tert-OH is 1. The van der Waals surface area contributed by atoms with Crippen molar-refractivity contribution in [1.82, 2.24) is 9.88 Å². The molecule has 0 amide bonds. The Morgan fingerprint density at radius 1 is 1.27 bits per heavy atom. The van der Waals surface area contributed by atoms with Gasteiger partial charge >= 0.3 is 0 Å². The van der Waals surface area contributed by atoms with E-state index in [2.05, 4.69) is 14.8 Å². The fourth-order valence-electron chi connectivity index (χ4n) is 2.64. The van der Waals surface area contributed by atoms with Crippen LogP contribution in [0.3, 0.4) is 0 Å². The fourth-order valence-corrected chi connectivity index (χ4v) is 2.64. The van der Waals surface area contributed by atoms with E-state index in [0.717, 1.165) is 38.3 Å². The van der Waals surface area contributed by atoms with Crippen molar-refractivity contribution in [1.29, 1.82) is 0 Å². The maximum Gasteiger partial charge on any atom is 0.143 e. The zero-order valence-corrected chi connectivity index (χ0v) is 13.4. The van der Waals surface area contributed by atoms with Gasteiger partial charge in [0.2, 0.25) is 0 Å². The molecule has 2 rings (SSSR count). The fraction of sp³-hybridized carbons (Fsp3) is 0.688. The van der Waals surface area contributed by atoms with Crippen molar-refractivity contribution in [2.24, 2.45) is 0 Å². The van der Waals surface area contributed by atoms with Crippen molar-refractivity contribution in [2.45, 2.75) is 32.5 Å². The number of rotatable bonds is 6. The monoisotopic (exact) mass is 311 g/mol. The second-order valence-electron chi connectivity index (χ2n) is 6.04. The molecule has 1 aliphatic rings. The van der Waals surface area contributed by atoms with Crippen LogP contribution in [-0.4, -0.2) is 66.5 Å². The van der Waals surface area contributed by atoms with Crippen LogP contribution in [0.25, 0.3) is 0 Å². The molecule has 1 fully saturated rings. The maximum absolute atomic E-state index is 13.3. The first-order valence-electron chi connectivity index (χ1n) is 7.92. The van der Waals surface area contributed by atoms with Gasteiger partial charge in [0.1, 0.15) is 5.82 Å². The van der Waals surface area contributed by atoms with Crippen molar-refractivity contribution < 1.29 is 14.2 Å². The Hall–Kier alpha value is -1.24. The van der Waals surface area contributed by atoms with Crippen LogP contribution in [0.5, 0.6) is 0 Å². The van der Waals surface area contributed by atoms with Crippen LogP contribution in [0.2, 0.25) is 0 Å². The Morgan fingerprint density at radius 2 is 2.09 bits per heavy atom. The lowest BCUT2D eigenvalue weighted by Crippen LogP contribution is -2.38. The number of anilines is 1. The van der Waals surface area contributed by atoms with Gasteiger partial charge in [0.15, 0.2) is 0 Å². The third-order valence-electron chi connectivity index (χ3n) is 3.74. The Labute approximate surface area is 131 Å². The number of halogens is 1. The summed E-state index contributed by atoms with van der Waals surface area (Å²) in [6, 6.07) is 1.52. The summed E-state index contributed by atoms with van der Waals surface area (Å²) in [6.45, 7) is 8.36. The van der Waals surface area contributed by atoms with Crippen LogP contribution < -0.4 is 4.90 Å². The second kappa shape index (κ2) is 8.41. The van der Waals surface area contributed by atoms with Gasteiger partial charge in [0, 0.05) is 32.2 Å². The first-order valence-corrected chi connectivity index (χ1v) is 7.92. The van der Waals surface area contributed by atoms with Gasteiger partial charge in [-0.1, -0.05) is 0 Å². The molecule has 1 atom stereocenters. The summed E-state index contributed by atoms with van der Waals surface area (Å²) in [7, 11) is 0. The lowest BCUT2D eigenvalue weighted by Gasteiger charge is -2.25. The van der Waals surface area contributed by atoms with Crippen molar-refractivity contribution in [2.75, 3.05) is 44.2 Å². The summed E-state index contributed by atoms with van der Waals surface area (Å²) in [5.74, 6) is -0.306. The van der Waals surface area contributed by atoms with E-state index in [1.165, 1.54) is 12.3 Å². The summed E-state index contributed by atoms with van der Waals surface area (Å²) in [5.41, 5.74) is 0.825. The molecule has 2 heterocycles. The third kappa shape index (κ3) is 5.51. The topological polar surface area (TPSA) is 48.8 Å². The van der Waals surface area contributed by atoms with Crippen LogP contribution >= 0.6 is 0 Å². The predicted octanol–water partition coefficient (Wildman–Crippen LogP) is 1.52. The smallest absolute Gasteiger partial charge is 0.143 e. The lowest BCUT2D eigenvalue weighted by molar-refractivity contribution is -0.00766. The molecule has 0 unspecified atom stereocenters. The number of nitrogens with zero attached hydrogens (tertiary/aromatic N) is 3. The van der Waals surface area contributed by atoms with Gasteiger partial charge < -0.3 is 14.7 Å². The van der Waals surface area contributed by atoms with E-state index in [0.29, 0.717) is 13.2 Å². The Morgan fingerprint density at radius 3 is 2.82 bits per heavy atom. The molecule has 0 radical (unpaired) electrons. The predicted molar refractivity (Wildman–Crippen MR) is 84.6 cm³/mol. The summed E-state index contributed by atoms with van der Waals surface area (Å²) in [5, 5.41) is 10.0. The molecule has 1 aromatic heterocycles. The van der Waals surface area contributed by atoms with Crippen LogP contribution in [0.4, 0.5) is 10.1 Å². The Kier molecular flexibility index (Phi) is 6.54. The highest BCUT2D eigenvalue weighted by atomic mass is 19.1. The number of β-amino-alcohol motifs (C(OH)–C–C–N with tert-alkyl or cyclic N) is 1. The number of hydrogen-bond donors (Lipinski definition) is 1. The molecule has 124 valence electrons. The molecule has 22 heavy (non-hydrogen) atoms. The molecule has 0 saturated carbocycles. The van der Waals surface area contributed by atoms with Gasteiger partial charge in [0.05, 0.1) is 36.9 Å². The SMILES string of the molecule is CC(C)OC[C@H](O)CN1CCCN(c2cncc(F)c2)CC1. The largest absolute Gasteiger partial charge is 0.389 e. The van der Waals surface area contributed by atoms with E-state index < -0.39 is 6.10 Å². The molecule has 0 bridgehead atoms. The normalized spacial score (nSPS) is 18.5. The summed E-state index contributed by atoms with van der Waals surface area (Å²) >= 11 is 0. The van der Waals surface area contributed by atoms with Gasteiger partial charge in [-0.2, -0.15) is 0 Å². The minimum Gasteiger partial charge on any atom is -0.389 e. The zero-order valence-electron chi connectivity index (χ0n) is 13.4. The Bertz CT molecular complexity index is 459. The minimum atomic E-state index is -0.468. The zero-order chi connectivity index (χ0) is 15.9. The quantitative estimate of drug-likeness (QED) is 0.863. The van der Waals surface area contributed by atoms with E-state index in [1.807, 2.05) is 13.8 Å². The molecule has 1 saturated heterocycles. The second-order valence-corrected chi connectivity index (χ2v) is 6.04. The van der Waals surface area contributed by atoms with E-state index in [-0.39, 0.29) is 11.9 Å². The highest BCUT2D eigenvalue weighted by molar-refractivity contribution is 5.44. The highest BCUT2D eigenvalue weighted by Crippen LogP contribution is 2.16. The number of aliphatic hydroxyl groups is 1. The highest BCUT2D eigenvalue weighted by Gasteiger charge is 2.18. The van der Waals surface area contributed by atoms with E-state index in [9.17, 15) is 9.50 Å². The Balaban J connectivity index is 1.82. The molecule has 6 heteroatoms. The van der Waals surface area contributed by atoms with Crippen LogP contribution in [0.1, 0.15) is 20.3 Å². The summed E-state index contributed by atoms with van der Waals surface area (Å²) in [6.07, 6.45) is 3.57. The number of hydrogen-bond acceptors (Lipinski definition) is 5. The number of pyridine rings is 1. The van der Waals surface area contributed by atoms with E-state index in [1.54, 1.807) is 6.20 Å². The minimum absolute atomic E-state index is 0.134. The molecule has 0 aromatic carbocycles. The molecule has 1 N–H and O–H groups in total. The van der Waals surface area contributed by atoms with E-state index in [4.69, 9.17) is 4.74 Å². The first kappa shape index (κ1) is 17.1. The maximum atomic E-state index is 13.3. The molecule has 1 aromatic rings. The van der Waals surface area contributed by atoms with Crippen molar-refractivity contribution in [3.63, 3.8) is 0 Å². The third-order valence-corrected chi connectivity index (χ3v) is 3.74. The van der Waals surface area contributed by atoms with Crippen molar-refractivity contribution >= 4 is 5.69 Å². The molecular weight excluding hydrogens is 285 g/mol. The summed E-state index contributed by atoms with van der Waals surface area (Å²) < 4.78 is 18.7. The molecule has 5 nitrogen and oxygen atoms in total. The van der Waals surface area contributed by atoms with Gasteiger partial charge in [-0.25, -0.2) is 4.39 Å². The van der Waals surface area contributed by atoms with Gasteiger partial charge in [-0.05, 0) is 26.8 Å². The number of aromatic nitrogens is 1. The number of ether oxygens (including phenoxy) is 1. The van der Waals surface area contributed by atoms with Crippen molar-refractivity contribution in [3.8, 4) is 0 Å². The molecule has 0 aliphatic carbocycles. The van der Waals surface area contributed by atoms with Crippen molar-refractivity contribution in [3.05, 3.63) is 24.3 Å². The summed E-state index contributed by atoms with van der Waals surface area (Å²) in [4.78, 5) is 8.29. The average Bonchev–Trinajstić information content (AvgIpc) is 2.71. The van der Waals surface area contributed by atoms with Gasteiger partial charge in [0.25, 0.3) is 0 Å². The van der Waals surface area contributed by atoms with Crippen LogP contribution in [-0.2, 0) is 4.74 Å². The van der Waals surface area contributed by atoms with Crippen LogP contribution in [0, 0.1) is 5.82 Å². The standard InChI is InChI=1S/C16H26FN3O2/c1-13(2)22-12-16(21)11-19-4-3-5-20(7-6-19)15-8-14(17)9-18-10-15/h8-10,13,16,21H,3-7,11-12H2,1-2H3/t16-/m1/s1. The molecular formula is C16H26FN3O2. The molecule has 1 aliphatic heterocycles. The van der Waals surface area contributed by atoms with Gasteiger partial charge in [-0.3, -0.25) is 9.88 Å². The lowest BCUT2D eigenvalue weighted by atomic mass is 10.3. The first-order chi connectivity index (χ1) is 10.5. The average molecular weight is 311 g/mol. The van der Waals surface area contributed by atoms with Gasteiger partial charge in [-0.15, -0.1) is 0 Å². The molecule has 0 spiro atoms. The van der Waals surface area contributed by atoms with Crippen LogP contribution in [0.15, 0.2) is 18.5 Å². The van der Waals surface area contributed by atoms with E-state index >= 15 is 0 Å².